The molecule has 2 rings (SSSR count). The normalized spacial score (nSPS) is 22.6. The molecule has 1 saturated carbocycles. The van der Waals surface area contributed by atoms with E-state index in [1.807, 2.05) is 0 Å². The summed E-state index contributed by atoms with van der Waals surface area (Å²) in [7, 11) is 1.61. The van der Waals surface area contributed by atoms with E-state index in [0.29, 0.717) is 29.5 Å². The first-order valence-corrected chi connectivity index (χ1v) is 6.73. The fraction of sp³-hybridized carbons (Fsp3) is 0.533. The molecule has 2 N–H and O–H groups in total. The molecule has 2 unspecified atom stereocenters. The number of methoxy groups -OCH3 is 1. The molecule has 1 aliphatic rings. The van der Waals surface area contributed by atoms with Crippen LogP contribution in [0.5, 0.6) is 11.5 Å². The standard InChI is InChI=1S/C15H20N2O2/c1-18-14-7-6-11(9-16)8-15(14)19-13-5-3-2-4-12(13)10-17/h6-8,12-13H,2-5,10,17H2,1H3. The molecule has 0 heterocycles. The SMILES string of the molecule is COc1ccc(C#N)cc1OC1CCCCC1CN. The average Bonchev–Trinajstić information content (AvgIpc) is 2.47. The summed E-state index contributed by atoms with van der Waals surface area (Å²) in [6, 6.07) is 7.36. The van der Waals surface area contributed by atoms with E-state index in [-0.39, 0.29) is 6.10 Å². The van der Waals surface area contributed by atoms with Crippen molar-refractivity contribution in [1.82, 2.24) is 0 Å². The topological polar surface area (TPSA) is 68.3 Å². The summed E-state index contributed by atoms with van der Waals surface area (Å²) >= 11 is 0. The van der Waals surface area contributed by atoms with Gasteiger partial charge in [0.2, 0.25) is 0 Å². The molecule has 1 aliphatic carbocycles. The number of nitrogens with zero attached hydrogens (tertiary/aromatic N) is 1. The van der Waals surface area contributed by atoms with Gasteiger partial charge in [-0.15, -0.1) is 0 Å². The van der Waals surface area contributed by atoms with Crippen molar-refractivity contribution in [3.05, 3.63) is 23.8 Å². The summed E-state index contributed by atoms with van der Waals surface area (Å²) in [6.45, 7) is 0.644. The minimum absolute atomic E-state index is 0.126. The summed E-state index contributed by atoms with van der Waals surface area (Å²) in [5.74, 6) is 1.71. The maximum Gasteiger partial charge on any atom is 0.162 e. The minimum Gasteiger partial charge on any atom is -0.493 e. The number of rotatable bonds is 4. The quantitative estimate of drug-likeness (QED) is 0.903. The fourth-order valence-electron chi connectivity index (χ4n) is 2.60. The van der Waals surface area contributed by atoms with Crippen LogP contribution in [0.3, 0.4) is 0 Å². The molecule has 0 radical (unpaired) electrons. The maximum atomic E-state index is 8.96. The molecule has 102 valence electrons. The predicted octanol–water partition coefficient (Wildman–Crippen LogP) is 2.46. The highest BCUT2D eigenvalue weighted by atomic mass is 16.5. The lowest BCUT2D eigenvalue weighted by Crippen LogP contribution is -2.35. The van der Waals surface area contributed by atoms with Gasteiger partial charge < -0.3 is 15.2 Å². The monoisotopic (exact) mass is 260 g/mol. The summed E-state index contributed by atoms with van der Waals surface area (Å²) in [5.41, 5.74) is 6.39. The Hall–Kier alpha value is -1.73. The first-order chi connectivity index (χ1) is 9.28. The number of hydrogen-bond acceptors (Lipinski definition) is 4. The van der Waals surface area contributed by atoms with Gasteiger partial charge >= 0.3 is 0 Å². The Bertz CT molecular complexity index is 468. The molecule has 19 heavy (non-hydrogen) atoms. The Morgan fingerprint density at radius 3 is 2.79 bits per heavy atom. The lowest BCUT2D eigenvalue weighted by atomic mass is 9.86. The second-order valence-electron chi connectivity index (χ2n) is 4.91. The van der Waals surface area contributed by atoms with Crippen molar-refractivity contribution in [2.24, 2.45) is 11.7 Å². The molecule has 0 aromatic heterocycles. The van der Waals surface area contributed by atoms with Gasteiger partial charge in [-0.3, -0.25) is 0 Å². The minimum atomic E-state index is 0.126. The van der Waals surface area contributed by atoms with Crippen LogP contribution in [0.4, 0.5) is 0 Å². The van der Waals surface area contributed by atoms with E-state index >= 15 is 0 Å². The van der Waals surface area contributed by atoms with Crippen LogP contribution in [-0.2, 0) is 0 Å². The van der Waals surface area contributed by atoms with Gasteiger partial charge in [0.25, 0.3) is 0 Å². The second-order valence-corrected chi connectivity index (χ2v) is 4.91. The molecule has 0 aliphatic heterocycles. The van der Waals surface area contributed by atoms with Crippen molar-refractivity contribution in [3.8, 4) is 17.6 Å². The van der Waals surface area contributed by atoms with Gasteiger partial charge in [0.05, 0.1) is 18.7 Å². The van der Waals surface area contributed by atoms with Crippen molar-refractivity contribution in [3.63, 3.8) is 0 Å². The van der Waals surface area contributed by atoms with E-state index in [0.717, 1.165) is 12.8 Å². The summed E-state index contributed by atoms with van der Waals surface area (Å²) in [6.07, 6.45) is 4.64. The average molecular weight is 260 g/mol. The Morgan fingerprint density at radius 1 is 1.32 bits per heavy atom. The van der Waals surface area contributed by atoms with E-state index in [2.05, 4.69) is 6.07 Å². The largest absolute Gasteiger partial charge is 0.493 e. The van der Waals surface area contributed by atoms with Crippen molar-refractivity contribution in [1.29, 1.82) is 5.26 Å². The molecule has 0 saturated heterocycles. The number of hydrogen-bond donors (Lipinski definition) is 1. The van der Waals surface area contributed by atoms with E-state index in [9.17, 15) is 0 Å². The van der Waals surface area contributed by atoms with Gasteiger partial charge in [0.1, 0.15) is 6.10 Å². The molecule has 4 nitrogen and oxygen atoms in total. The highest BCUT2D eigenvalue weighted by Gasteiger charge is 2.26. The van der Waals surface area contributed by atoms with Gasteiger partial charge in [0, 0.05) is 12.0 Å². The molecule has 0 bridgehead atoms. The zero-order valence-electron chi connectivity index (χ0n) is 11.3. The number of nitrogens with two attached hydrogens (primary N) is 1. The molecular weight excluding hydrogens is 240 g/mol. The van der Waals surface area contributed by atoms with Crippen LogP contribution in [0.2, 0.25) is 0 Å². The summed E-state index contributed by atoms with van der Waals surface area (Å²) < 4.78 is 11.4. The molecule has 0 spiro atoms. The maximum absolute atomic E-state index is 8.96. The molecule has 1 fully saturated rings. The molecule has 2 atom stereocenters. The lowest BCUT2D eigenvalue weighted by Gasteiger charge is -2.31. The summed E-state index contributed by atoms with van der Waals surface area (Å²) in [4.78, 5) is 0. The molecular formula is C15H20N2O2. The third kappa shape index (κ3) is 3.18. The first kappa shape index (κ1) is 13.7. The van der Waals surface area contributed by atoms with Gasteiger partial charge in [-0.25, -0.2) is 0 Å². The zero-order valence-corrected chi connectivity index (χ0v) is 11.3. The van der Waals surface area contributed by atoms with Crippen LogP contribution in [0.15, 0.2) is 18.2 Å². The summed E-state index contributed by atoms with van der Waals surface area (Å²) in [5, 5.41) is 8.96. The number of benzene rings is 1. The molecule has 1 aromatic rings. The van der Waals surface area contributed by atoms with Crippen LogP contribution in [0, 0.1) is 17.2 Å². The van der Waals surface area contributed by atoms with Crippen LogP contribution >= 0.6 is 0 Å². The first-order valence-electron chi connectivity index (χ1n) is 6.73. The highest BCUT2D eigenvalue weighted by molar-refractivity contribution is 5.46. The van der Waals surface area contributed by atoms with Crippen molar-refractivity contribution in [2.75, 3.05) is 13.7 Å². The molecule has 4 heteroatoms. The Labute approximate surface area is 114 Å². The number of ether oxygens (including phenoxy) is 2. The Balaban J connectivity index is 2.19. The predicted molar refractivity (Wildman–Crippen MR) is 73.1 cm³/mol. The van der Waals surface area contributed by atoms with Gasteiger partial charge in [-0.1, -0.05) is 6.42 Å². The fourth-order valence-corrected chi connectivity index (χ4v) is 2.60. The van der Waals surface area contributed by atoms with Crippen LogP contribution in [0.1, 0.15) is 31.2 Å². The Morgan fingerprint density at radius 2 is 2.11 bits per heavy atom. The van der Waals surface area contributed by atoms with Crippen molar-refractivity contribution < 1.29 is 9.47 Å². The van der Waals surface area contributed by atoms with Crippen molar-refractivity contribution >= 4 is 0 Å². The Kier molecular flexibility index (Phi) is 4.64. The van der Waals surface area contributed by atoms with Crippen molar-refractivity contribution in [2.45, 2.75) is 31.8 Å². The van der Waals surface area contributed by atoms with Crippen LogP contribution in [0.25, 0.3) is 0 Å². The van der Waals surface area contributed by atoms with E-state index in [4.69, 9.17) is 20.5 Å². The third-order valence-electron chi connectivity index (χ3n) is 3.71. The van der Waals surface area contributed by atoms with Gasteiger partial charge in [0.15, 0.2) is 11.5 Å². The van der Waals surface area contributed by atoms with Crippen LogP contribution < -0.4 is 15.2 Å². The van der Waals surface area contributed by atoms with E-state index in [1.165, 1.54) is 12.8 Å². The highest BCUT2D eigenvalue weighted by Crippen LogP contribution is 2.33. The van der Waals surface area contributed by atoms with E-state index < -0.39 is 0 Å². The van der Waals surface area contributed by atoms with Crippen LogP contribution in [-0.4, -0.2) is 19.8 Å². The number of nitriles is 1. The molecule has 0 amide bonds. The smallest absolute Gasteiger partial charge is 0.162 e. The van der Waals surface area contributed by atoms with E-state index in [1.54, 1.807) is 25.3 Å². The second kappa shape index (κ2) is 6.44. The van der Waals surface area contributed by atoms with Gasteiger partial charge in [-0.05, 0) is 37.9 Å². The van der Waals surface area contributed by atoms with Gasteiger partial charge in [-0.2, -0.15) is 5.26 Å². The zero-order chi connectivity index (χ0) is 13.7. The molecule has 1 aromatic carbocycles. The lowest BCUT2D eigenvalue weighted by molar-refractivity contribution is 0.0937. The third-order valence-corrected chi connectivity index (χ3v) is 3.71.